The molecule has 0 aliphatic rings. The number of aromatic nitrogens is 2. The first-order valence-electron chi connectivity index (χ1n) is 8.73. The molecule has 0 atom stereocenters. The van der Waals surface area contributed by atoms with Crippen LogP contribution in [0.25, 0.3) is 0 Å². The summed E-state index contributed by atoms with van der Waals surface area (Å²) < 4.78 is 36.0. The Morgan fingerprint density at radius 3 is 1.90 bits per heavy atom. The Labute approximate surface area is 175 Å². The Bertz CT molecular complexity index is 1120. The number of nitrogens with two attached hydrogens (primary N) is 1. The van der Waals surface area contributed by atoms with E-state index in [2.05, 4.69) is 20.6 Å². The minimum absolute atomic E-state index is 0.0512. The van der Waals surface area contributed by atoms with Gasteiger partial charge in [-0.1, -0.05) is 0 Å². The maximum Gasteiger partial charge on any atom is 0.337 e. The maximum absolute atomic E-state index is 13.4. The zero-order chi connectivity index (χ0) is 22.5. The molecule has 1 heterocycles. The SMILES string of the molecule is COC(=O)c1cc(Nc2ncnc(Nc3ccc(F)c(F)c3)c2N)cc(C(=O)OC)c1. The van der Waals surface area contributed by atoms with Gasteiger partial charge in [-0.15, -0.1) is 0 Å². The largest absolute Gasteiger partial charge is 0.465 e. The summed E-state index contributed by atoms with van der Waals surface area (Å²) in [5, 5.41) is 5.66. The van der Waals surface area contributed by atoms with Crippen LogP contribution in [0.15, 0.2) is 42.7 Å². The molecular formula is C20H17F2N5O4. The molecule has 4 N–H and O–H groups in total. The molecule has 0 fully saturated rings. The fraction of sp³-hybridized carbons (Fsp3) is 0.100. The van der Waals surface area contributed by atoms with Gasteiger partial charge in [0, 0.05) is 17.4 Å². The number of methoxy groups -OCH3 is 2. The monoisotopic (exact) mass is 429 g/mol. The van der Waals surface area contributed by atoms with E-state index < -0.39 is 23.6 Å². The number of anilines is 5. The molecule has 0 bridgehead atoms. The number of nitrogens with zero attached hydrogens (tertiary/aromatic N) is 2. The Hall–Kier alpha value is -4.28. The summed E-state index contributed by atoms with van der Waals surface area (Å²) in [5.74, 6) is -3.09. The molecule has 0 amide bonds. The number of hydrogen-bond acceptors (Lipinski definition) is 9. The predicted molar refractivity (Wildman–Crippen MR) is 108 cm³/mol. The van der Waals surface area contributed by atoms with Crippen LogP contribution in [0.5, 0.6) is 0 Å². The second-order valence-electron chi connectivity index (χ2n) is 6.15. The summed E-state index contributed by atoms with van der Waals surface area (Å²) in [5.41, 5.74) is 6.86. The van der Waals surface area contributed by atoms with Crippen LogP contribution in [-0.2, 0) is 9.47 Å². The van der Waals surface area contributed by atoms with Gasteiger partial charge in [0.05, 0.1) is 25.3 Å². The molecule has 0 unspecified atom stereocenters. The lowest BCUT2D eigenvalue weighted by Gasteiger charge is -2.14. The first kappa shape index (κ1) is 21.4. The average Bonchev–Trinajstić information content (AvgIpc) is 2.77. The smallest absolute Gasteiger partial charge is 0.337 e. The van der Waals surface area contributed by atoms with E-state index in [-0.39, 0.29) is 34.1 Å². The lowest BCUT2D eigenvalue weighted by Crippen LogP contribution is -2.09. The van der Waals surface area contributed by atoms with Crippen molar-refractivity contribution < 1.29 is 27.8 Å². The number of rotatable bonds is 6. The van der Waals surface area contributed by atoms with Gasteiger partial charge < -0.3 is 25.8 Å². The quantitative estimate of drug-likeness (QED) is 0.505. The van der Waals surface area contributed by atoms with Crippen molar-refractivity contribution in [1.82, 2.24) is 9.97 Å². The molecule has 0 saturated carbocycles. The first-order valence-corrected chi connectivity index (χ1v) is 8.73. The van der Waals surface area contributed by atoms with Gasteiger partial charge in [0.15, 0.2) is 23.3 Å². The van der Waals surface area contributed by atoms with Gasteiger partial charge in [0.2, 0.25) is 0 Å². The molecule has 0 aliphatic carbocycles. The van der Waals surface area contributed by atoms with Crippen LogP contribution < -0.4 is 16.4 Å². The van der Waals surface area contributed by atoms with Crippen LogP contribution in [-0.4, -0.2) is 36.1 Å². The number of ether oxygens (including phenoxy) is 2. The number of halogens is 2. The van der Waals surface area contributed by atoms with E-state index in [0.717, 1.165) is 12.1 Å². The molecule has 1 aromatic heterocycles. The summed E-state index contributed by atoms with van der Waals surface area (Å²) >= 11 is 0. The highest BCUT2D eigenvalue weighted by Crippen LogP contribution is 2.29. The molecule has 0 saturated heterocycles. The Morgan fingerprint density at radius 1 is 0.839 bits per heavy atom. The molecule has 3 aromatic rings. The second-order valence-corrected chi connectivity index (χ2v) is 6.15. The molecule has 31 heavy (non-hydrogen) atoms. The first-order chi connectivity index (χ1) is 14.8. The van der Waals surface area contributed by atoms with Gasteiger partial charge >= 0.3 is 11.9 Å². The van der Waals surface area contributed by atoms with E-state index in [1.165, 1.54) is 44.8 Å². The average molecular weight is 429 g/mol. The minimum Gasteiger partial charge on any atom is -0.465 e. The summed E-state index contributed by atoms with van der Waals surface area (Å²) in [6.07, 6.45) is 1.19. The topological polar surface area (TPSA) is 128 Å². The van der Waals surface area contributed by atoms with Crippen molar-refractivity contribution in [1.29, 1.82) is 0 Å². The van der Waals surface area contributed by atoms with Gasteiger partial charge in [0.1, 0.15) is 12.0 Å². The normalized spacial score (nSPS) is 10.3. The molecule has 160 valence electrons. The Balaban J connectivity index is 1.93. The third-order valence-electron chi connectivity index (χ3n) is 4.10. The van der Waals surface area contributed by atoms with Gasteiger partial charge in [-0.05, 0) is 30.3 Å². The number of carbonyl (C=O) groups excluding carboxylic acids is 2. The van der Waals surface area contributed by atoms with Crippen LogP contribution in [0.1, 0.15) is 20.7 Å². The van der Waals surface area contributed by atoms with Crippen molar-refractivity contribution in [2.45, 2.75) is 0 Å². The van der Waals surface area contributed by atoms with Crippen LogP contribution in [0.2, 0.25) is 0 Å². The number of benzene rings is 2. The maximum atomic E-state index is 13.4. The van der Waals surface area contributed by atoms with Crippen LogP contribution in [0.3, 0.4) is 0 Å². The summed E-state index contributed by atoms with van der Waals surface area (Å²) in [7, 11) is 2.41. The van der Waals surface area contributed by atoms with E-state index >= 15 is 0 Å². The minimum atomic E-state index is -1.04. The molecule has 0 aliphatic heterocycles. The number of esters is 2. The van der Waals surface area contributed by atoms with Crippen molar-refractivity contribution in [3.05, 3.63) is 65.5 Å². The fourth-order valence-electron chi connectivity index (χ4n) is 2.61. The van der Waals surface area contributed by atoms with E-state index in [1.54, 1.807) is 0 Å². The highest BCUT2D eigenvalue weighted by Gasteiger charge is 2.16. The highest BCUT2D eigenvalue weighted by atomic mass is 19.2. The van der Waals surface area contributed by atoms with Gasteiger partial charge in [-0.25, -0.2) is 28.3 Å². The van der Waals surface area contributed by atoms with Crippen LogP contribution in [0.4, 0.5) is 37.5 Å². The fourth-order valence-corrected chi connectivity index (χ4v) is 2.61. The molecule has 9 nitrogen and oxygen atoms in total. The van der Waals surface area contributed by atoms with Crippen LogP contribution >= 0.6 is 0 Å². The van der Waals surface area contributed by atoms with Crippen molar-refractivity contribution in [3.63, 3.8) is 0 Å². The number of carbonyl (C=O) groups is 2. The zero-order valence-electron chi connectivity index (χ0n) is 16.4. The zero-order valence-corrected chi connectivity index (χ0v) is 16.4. The molecule has 3 rings (SSSR count). The van der Waals surface area contributed by atoms with Crippen molar-refractivity contribution in [2.75, 3.05) is 30.6 Å². The molecule has 0 spiro atoms. The van der Waals surface area contributed by atoms with Crippen molar-refractivity contribution in [3.8, 4) is 0 Å². The standard InChI is InChI=1S/C20H17F2N5O4/c1-30-19(28)10-5-11(20(29)31-2)7-13(6-10)27-18-16(23)17(24-9-25-18)26-12-3-4-14(21)15(22)8-12/h3-9H,23H2,1-2H3,(H2,24,25,26,27). The predicted octanol–water partition coefficient (Wildman–Crippen LogP) is 3.40. The summed E-state index contributed by atoms with van der Waals surface area (Å²) in [4.78, 5) is 31.9. The third-order valence-corrected chi connectivity index (χ3v) is 4.10. The highest BCUT2D eigenvalue weighted by molar-refractivity contribution is 5.97. The summed E-state index contributed by atoms with van der Waals surface area (Å²) in [6, 6.07) is 7.41. The molecular weight excluding hydrogens is 412 g/mol. The Kier molecular flexibility index (Phi) is 6.24. The third kappa shape index (κ3) is 4.83. The molecule has 11 heteroatoms. The lowest BCUT2D eigenvalue weighted by atomic mass is 10.1. The van der Waals surface area contributed by atoms with Crippen LogP contribution in [0, 0.1) is 11.6 Å². The van der Waals surface area contributed by atoms with Gasteiger partial charge in [-0.2, -0.15) is 0 Å². The van der Waals surface area contributed by atoms with Gasteiger partial charge in [-0.3, -0.25) is 0 Å². The van der Waals surface area contributed by atoms with E-state index in [1.807, 2.05) is 0 Å². The van der Waals surface area contributed by atoms with Crippen molar-refractivity contribution in [2.24, 2.45) is 0 Å². The number of nitrogen functional groups attached to an aromatic ring is 1. The second kappa shape index (κ2) is 9.03. The lowest BCUT2D eigenvalue weighted by molar-refractivity contribution is 0.0599. The number of hydrogen-bond donors (Lipinski definition) is 3. The van der Waals surface area contributed by atoms with E-state index in [4.69, 9.17) is 15.2 Å². The van der Waals surface area contributed by atoms with E-state index in [0.29, 0.717) is 5.69 Å². The van der Waals surface area contributed by atoms with Crippen molar-refractivity contribution >= 4 is 40.6 Å². The molecule has 2 aromatic carbocycles. The van der Waals surface area contributed by atoms with Gasteiger partial charge in [0.25, 0.3) is 0 Å². The molecule has 0 radical (unpaired) electrons. The van der Waals surface area contributed by atoms with E-state index in [9.17, 15) is 18.4 Å². The Morgan fingerprint density at radius 2 is 1.39 bits per heavy atom. The summed E-state index contributed by atoms with van der Waals surface area (Å²) in [6.45, 7) is 0. The number of nitrogens with one attached hydrogen (secondary N) is 2.